The number of nitrogens with one attached hydrogen (secondary N) is 1. The topological polar surface area (TPSA) is 46.2 Å². The number of sulfone groups is 1. The molecule has 1 heterocycles. The molecule has 2 aliphatic rings. The van der Waals surface area contributed by atoms with E-state index in [-0.39, 0.29) is 5.92 Å². The summed E-state index contributed by atoms with van der Waals surface area (Å²) in [7, 11) is -2.81. The first-order chi connectivity index (χ1) is 10.0. The average Bonchev–Trinajstić information content (AvgIpc) is 3.20. The Morgan fingerprint density at radius 2 is 1.90 bits per heavy atom. The first kappa shape index (κ1) is 15.3. The SMILES string of the molecule is O=S1(=O)CCC(C(CNC2CC2)Cc2ccc(Cl)cc2)C1. The van der Waals surface area contributed by atoms with Crippen LogP contribution in [-0.2, 0) is 16.3 Å². The predicted octanol–water partition coefficient (Wildman–Crippen LogP) is 2.69. The molecule has 1 aromatic carbocycles. The van der Waals surface area contributed by atoms with E-state index in [0.717, 1.165) is 24.4 Å². The van der Waals surface area contributed by atoms with Crippen LogP contribution in [0.25, 0.3) is 0 Å². The Balaban J connectivity index is 1.67. The van der Waals surface area contributed by atoms with Crippen molar-refractivity contribution in [2.45, 2.75) is 31.7 Å². The molecule has 1 saturated heterocycles. The van der Waals surface area contributed by atoms with Gasteiger partial charge >= 0.3 is 0 Å². The fraction of sp³-hybridized carbons (Fsp3) is 0.625. The van der Waals surface area contributed by atoms with Crippen LogP contribution in [0.4, 0.5) is 0 Å². The van der Waals surface area contributed by atoms with Crippen molar-refractivity contribution in [3.63, 3.8) is 0 Å². The molecule has 0 radical (unpaired) electrons. The Hall–Kier alpha value is -0.580. The second-order valence-corrected chi connectivity index (χ2v) is 9.10. The third-order valence-corrected chi connectivity index (χ3v) is 6.64. The summed E-state index contributed by atoms with van der Waals surface area (Å²) < 4.78 is 23.5. The molecule has 0 spiro atoms. The van der Waals surface area contributed by atoms with Crippen LogP contribution in [0.2, 0.25) is 5.02 Å². The van der Waals surface area contributed by atoms with Gasteiger partial charge < -0.3 is 5.32 Å². The highest BCUT2D eigenvalue weighted by Crippen LogP contribution is 2.29. The molecule has 1 N–H and O–H groups in total. The van der Waals surface area contributed by atoms with E-state index < -0.39 is 9.84 Å². The van der Waals surface area contributed by atoms with E-state index in [2.05, 4.69) is 17.4 Å². The maximum Gasteiger partial charge on any atom is 0.150 e. The van der Waals surface area contributed by atoms with Gasteiger partial charge in [-0.1, -0.05) is 23.7 Å². The Morgan fingerprint density at radius 1 is 1.19 bits per heavy atom. The lowest BCUT2D eigenvalue weighted by Crippen LogP contribution is -2.31. The number of hydrogen-bond acceptors (Lipinski definition) is 3. The molecular formula is C16H22ClNO2S. The van der Waals surface area contributed by atoms with Crippen LogP contribution >= 0.6 is 11.6 Å². The minimum Gasteiger partial charge on any atom is -0.314 e. The van der Waals surface area contributed by atoms with Gasteiger partial charge in [-0.3, -0.25) is 0 Å². The highest BCUT2D eigenvalue weighted by Gasteiger charge is 2.34. The monoisotopic (exact) mass is 327 g/mol. The lowest BCUT2D eigenvalue weighted by Gasteiger charge is -2.23. The summed E-state index contributed by atoms with van der Waals surface area (Å²) in [4.78, 5) is 0. The summed E-state index contributed by atoms with van der Waals surface area (Å²) >= 11 is 5.93. The number of hydrogen-bond donors (Lipinski definition) is 1. The smallest absolute Gasteiger partial charge is 0.150 e. The molecule has 2 atom stereocenters. The molecule has 3 rings (SSSR count). The van der Waals surface area contributed by atoms with Gasteiger partial charge in [-0.05, 0) is 61.8 Å². The van der Waals surface area contributed by atoms with Crippen LogP contribution in [0.5, 0.6) is 0 Å². The molecule has 3 nitrogen and oxygen atoms in total. The van der Waals surface area contributed by atoms with Gasteiger partial charge in [0.2, 0.25) is 0 Å². The Labute approximate surface area is 132 Å². The zero-order valence-corrected chi connectivity index (χ0v) is 13.7. The van der Waals surface area contributed by atoms with E-state index in [1.807, 2.05) is 12.1 Å². The van der Waals surface area contributed by atoms with E-state index in [1.54, 1.807) is 0 Å². The van der Waals surface area contributed by atoms with Crippen molar-refractivity contribution < 1.29 is 8.42 Å². The van der Waals surface area contributed by atoms with Crippen molar-refractivity contribution in [1.29, 1.82) is 0 Å². The van der Waals surface area contributed by atoms with Crippen molar-refractivity contribution in [1.82, 2.24) is 5.32 Å². The van der Waals surface area contributed by atoms with Gasteiger partial charge in [-0.15, -0.1) is 0 Å². The summed E-state index contributed by atoms with van der Waals surface area (Å²) in [6.45, 7) is 0.924. The molecule has 0 amide bonds. The van der Waals surface area contributed by atoms with Gasteiger partial charge in [0.1, 0.15) is 0 Å². The van der Waals surface area contributed by atoms with Crippen molar-refractivity contribution in [3.8, 4) is 0 Å². The van der Waals surface area contributed by atoms with Crippen molar-refractivity contribution in [2.75, 3.05) is 18.1 Å². The van der Waals surface area contributed by atoms with E-state index in [1.165, 1.54) is 18.4 Å². The molecule has 1 aliphatic carbocycles. The average molecular weight is 328 g/mol. The lowest BCUT2D eigenvalue weighted by atomic mass is 9.86. The second-order valence-electron chi connectivity index (χ2n) is 6.44. The molecule has 2 fully saturated rings. The molecule has 5 heteroatoms. The summed E-state index contributed by atoms with van der Waals surface area (Å²) in [6.07, 6.45) is 4.26. The van der Waals surface area contributed by atoms with Crippen molar-refractivity contribution in [3.05, 3.63) is 34.9 Å². The van der Waals surface area contributed by atoms with Gasteiger partial charge in [0.15, 0.2) is 9.84 Å². The van der Waals surface area contributed by atoms with Crippen LogP contribution in [-0.4, -0.2) is 32.5 Å². The predicted molar refractivity (Wildman–Crippen MR) is 86.4 cm³/mol. The van der Waals surface area contributed by atoms with Crippen LogP contribution in [0, 0.1) is 11.8 Å². The Morgan fingerprint density at radius 3 is 2.48 bits per heavy atom. The summed E-state index contributed by atoms with van der Waals surface area (Å²) in [6, 6.07) is 8.59. The molecular weight excluding hydrogens is 306 g/mol. The molecule has 21 heavy (non-hydrogen) atoms. The van der Waals surface area contributed by atoms with E-state index in [9.17, 15) is 8.42 Å². The molecule has 1 aromatic rings. The van der Waals surface area contributed by atoms with E-state index in [0.29, 0.717) is 23.5 Å². The molecule has 1 saturated carbocycles. The van der Waals surface area contributed by atoms with Gasteiger partial charge in [0.25, 0.3) is 0 Å². The van der Waals surface area contributed by atoms with Gasteiger partial charge in [-0.25, -0.2) is 8.42 Å². The fourth-order valence-electron chi connectivity index (χ4n) is 3.13. The first-order valence-corrected chi connectivity index (χ1v) is 9.90. The van der Waals surface area contributed by atoms with Gasteiger partial charge in [-0.2, -0.15) is 0 Å². The minimum absolute atomic E-state index is 0.289. The second kappa shape index (κ2) is 6.27. The maximum absolute atomic E-state index is 11.8. The number of rotatable bonds is 6. The van der Waals surface area contributed by atoms with E-state index >= 15 is 0 Å². The zero-order valence-electron chi connectivity index (χ0n) is 12.1. The Bertz CT molecular complexity index is 581. The molecule has 1 aliphatic heterocycles. The highest BCUT2D eigenvalue weighted by molar-refractivity contribution is 7.91. The number of benzene rings is 1. The van der Waals surface area contributed by atoms with Gasteiger partial charge in [0.05, 0.1) is 11.5 Å². The molecule has 2 unspecified atom stereocenters. The van der Waals surface area contributed by atoms with Crippen molar-refractivity contribution >= 4 is 21.4 Å². The largest absolute Gasteiger partial charge is 0.314 e. The van der Waals surface area contributed by atoms with Crippen molar-refractivity contribution in [2.24, 2.45) is 11.8 Å². The first-order valence-electron chi connectivity index (χ1n) is 7.70. The third-order valence-electron chi connectivity index (χ3n) is 4.59. The zero-order chi connectivity index (χ0) is 14.9. The maximum atomic E-state index is 11.8. The molecule has 0 aromatic heterocycles. The van der Waals surface area contributed by atoms with Gasteiger partial charge in [0, 0.05) is 11.1 Å². The van der Waals surface area contributed by atoms with Crippen LogP contribution < -0.4 is 5.32 Å². The Kier molecular flexibility index (Phi) is 4.57. The highest BCUT2D eigenvalue weighted by atomic mass is 35.5. The summed E-state index contributed by atoms with van der Waals surface area (Å²) in [5.74, 6) is 1.40. The van der Waals surface area contributed by atoms with Crippen LogP contribution in [0.1, 0.15) is 24.8 Å². The third kappa shape index (κ3) is 4.44. The normalized spacial score (nSPS) is 25.9. The number of halogens is 1. The van der Waals surface area contributed by atoms with Crippen LogP contribution in [0.3, 0.4) is 0 Å². The van der Waals surface area contributed by atoms with Crippen LogP contribution in [0.15, 0.2) is 24.3 Å². The standard InChI is InChI=1S/C16H22ClNO2S/c17-15-3-1-12(2-4-15)9-14(10-18-16-5-6-16)13-7-8-21(19,20)11-13/h1-4,13-14,16,18H,5-11H2. The fourth-order valence-corrected chi connectivity index (χ4v) is 5.18. The summed E-state index contributed by atoms with van der Waals surface area (Å²) in [5, 5.41) is 4.32. The quantitative estimate of drug-likeness (QED) is 0.873. The lowest BCUT2D eigenvalue weighted by molar-refractivity contribution is 0.342. The molecule has 116 valence electrons. The van der Waals surface area contributed by atoms with E-state index in [4.69, 9.17) is 11.6 Å². The molecule has 0 bridgehead atoms. The summed E-state index contributed by atoms with van der Waals surface area (Å²) in [5.41, 5.74) is 1.24. The minimum atomic E-state index is -2.81.